The molecular formula is C14H15FN2O3S. The van der Waals surface area contributed by atoms with Crippen LogP contribution in [-0.4, -0.2) is 19.8 Å². The summed E-state index contributed by atoms with van der Waals surface area (Å²) in [7, 11) is -3.29. The van der Waals surface area contributed by atoms with Crippen LogP contribution in [0, 0.1) is 5.82 Å². The molecule has 2 aromatic rings. The SMILES string of the molecule is CS(=O)(=O)Nc1ccc(NCc2ccc(O)c(F)c2)cc1. The van der Waals surface area contributed by atoms with Gasteiger partial charge in [-0.15, -0.1) is 0 Å². The van der Waals surface area contributed by atoms with E-state index in [-0.39, 0.29) is 5.75 Å². The fraction of sp³-hybridized carbons (Fsp3) is 0.143. The van der Waals surface area contributed by atoms with Gasteiger partial charge in [-0.25, -0.2) is 12.8 Å². The van der Waals surface area contributed by atoms with Gasteiger partial charge in [0.2, 0.25) is 10.0 Å². The minimum absolute atomic E-state index is 0.380. The van der Waals surface area contributed by atoms with Crippen LogP contribution in [0.5, 0.6) is 5.75 Å². The standard InChI is InChI=1S/C14H15FN2O3S/c1-21(19,20)17-12-5-3-11(4-6-12)16-9-10-2-7-14(18)13(15)8-10/h2-8,16-18H,9H2,1H3. The molecule has 0 heterocycles. The summed E-state index contributed by atoms with van der Waals surface area (Å²) in [5, 5.41) is 12.2. The molecule has 7 heteroatoms. The molecule has 2 rings (SSSR count). The topological polar surface area (TPSA) is 78.4 Å². The lowest BCUT2D eigenvalue weighted by atomic mass is 10.2. The van der Waals surface area contributed by atoms with E-state index < -0.39 is 15.8 Å². The largest absolute Gasteiger partial charge is 0.505 e. The van der Waals surface area contributed by atoms with E-state index in [9.17, 15) is 12.8 Å². The number of nitrogens with one attached hydrogen (secondary N) is 2. The van der Waals surface area contributed by atoms with Crippen LogP contribution in [0.3, 0.4) is 0 Å². The fourth-order valence-electron chi connectivity index (χ4n) is 1.73. The lowest BCUT2D eigenvalue weighted by molar-refractivity contribution is 0.432. The van der Waals surface area contributed by atoms with Crippen molar-refractivity contribution in [1.29, 1.82) is 0 Å². The van der Waals surface area contributed by atoms with Gasteiger partial charge in [0.05, 0.1) is 6.26 Å². The summed E-state index contributed by atoms with van der Waals surface area (Å²) in [5.41, 5.74) is 1.92. The summed E-state index contributed by atoms with van der Waals surface area (Å²) in [6.07, 6.45) is 1.08. The zero-order valence-electron chi connectivity index (χ0n) is 11.3. The second-order valence-corrected chi connectivity index (χ2v) is 6.34. The van der Waals surface area contributed by atoms with Gasteiger partial charge in [0.25, 0.3) is 0 Å². The summed E-state index contributed by atoms with van der Waals surface area (Å²) in [4.78, 5) is 0. The summed E-state index contributed by atoms with van der Waals surface area (Å²) in [6, 6.07) is 10.8. The molecule has 0 aliphatic rings. The number of hydrogen-bond donors (Lipinski definition) is 3. The molecule has 0 radical (unpaired) electrons. The molecule has 0 fully saturated rings. The molecule has 0 aliphatic heterocycles. The van der Waals surface area contributed by atoms with Crippen molar-refractivity contribution in [1.82, 2.24) is 0 Å². The Hall–Kier alpha value is -2.28. The quantitative estimate of drug-likeness (QED) is 0.793. The van der Waals surface area contributed by atoms with E-state index in [1.807, 2.05) is 0 Å². The van der Waals surface area contributed by atoms with Crippen molar-refractivity contribution >= 4 is 21.4 Å². The number of rotatable bonds is 5. The molecule has 3 N–H and O–H groups in total. The number of phenolic OH excluding ortho intramolecular Hbond substituents is 1. The van der Waals surface area contributed by atoms with Gasteiger partial charge in [0.15, 0.2) is 11.6 Å². The van der Waals surface area contributed by atoms with Crippen molar-refractivity contribution in [3.63, 3.8) is 0 Å². The molecule has 0 spiro atoms. The van der Waals surface area contributed by atoms with Crippen molar-refractivity contribution in [2.75, 3.05) is 16.3 Å². The van der Waals surface area contributed by atoms with Crippen LogP contribution in [0.15, 0.2) is 42.5 Å². The molecule has 2 aromatic carbocycles. The van der Waals surface area contributed by atoms with Crippen molar-refractivity contribution in [2.45, 2.75) is 6.54 Å². The predicted molar refractivity (Wildman–Crippen MR) is 80.3 cm³/mol. The Kier molecular flexibility index (Phi) is 4.32. The van der Waals surface area contributed by atoms with Gasteiger partial charge in [0.1, 0.15) is 0 Å². The van der Waals surface area contributed by atoms with E-state index in [0.717, 1.165) is 11.9 Å². The van der Waals surface area contributed by atoms with Crippen LogP contribution < -0.4 is 10.0 Å². The normalized spacial score (nSPS) is 11.1. The van der Waals surface area contributed by atoms with E-state index in [2.05, 4.69) is 10.0 Å². The van der Waals surface area contributed by atoms with Gasteiger partial charge >= 0.3 is 0 Å². The molecule has 0 saturated heterocycles. The molecule has 0 bridgehead atoms. The highest BCUT2D eigenvalue weighted by molar-refractivity contribution is 7.92. The maximum Gasteiger partial charge on any atom is 0.229 e. The number of benzene rings is 2. The minimum atomic E-state index is -3.29. The van der Waals surface area contributed by atoms with E-state index in [1.54, 1.807) is 30.3 Å². The first-order chi connectivity index (χ1) is 9.83. The molecule has 0 aromatic heterocycles. The Morgan fingerprint density at radius 3 is 2.29 bits per heavy atom. The number of aromatic hydroxyl groups is 1. The average Bonchev–Trinajstić information content (AvgIpc) is 2.40. The lowest BCUT2D eigenvalue weighted by Crippen LogP contribution is -2.09. The van der Waals surface area contributed by atoms with Crippen LogP contribution >= 0.6 is 0 Å². The maximum atomic E-state index is 13.2. The van der Waals surface area contributed by atoms with E-state index in [0.29, 0.717) is 17.8 Å². The predicted octanol–water partition coefficient (Wildman–Crippen LogP) is 2.51. The first-order valence-corrected chi connectivity index (χ1v) is 8.02. The van der Waals surface area contributed by atoms with E-state index in [4.69, 9.17) is 5.11 Å². The second kappa shape index (κ2) is 6.01. The molecule has 0 saturated carbocycles. The number of phenols is 1. The summed E-state index contributed by atoms with van der Waals surface area (Å²) >= 11 is 0. The summed E-state index contributed by atoms with van der Waals surface area (Å²) in [6.45, 7) is 0.385. The van der Waals surface area contributed by atoms with Gasteiger partial charge in [-0.3, -0.25) is 4.72 Å². The third-order valence-electron chi connectivity index (χ3n) is 2.70. The third-order valence-corrected chi connectivity index (χ3v) is 3.30. The molecule has 112 valence electrons. The lowest BCUT2D eigenvalue weighted by Gasteiger charge is -2.09. The molecule has 0 unspecified atom stereocenters. The van der Waals surface area contributed by atoms with Gasteiger partial charge in [0, 0.05) is 17.9 Å². The zero-order valence-corrected chi connectivity index (χ0v) is 12.1. The molecule has 21 heavy (non-hydrogen) atoms. The second-order valence-electron chi connectivity index (χ2n) is 4.59. The highest BCUT2D eigenvalue weighted by Gasteiger charge is 2.03. The highest BCUT2D eigenvalue weighted by Crippen LogP contribution is 2.18. The summed E-state index contributed by atoms with van der Waals surface area (Å²) < 4.78 is 37.7. The van der Waals surface area contributed by atoms with Crippen molar-refractivity contribution in [3.8, 4) is 5.75 Å². The molecular weight excluding hydrogens is 295 g/mol. The monoisotopic (exact) mass is 310 g/mol. The van der Waals surface area contributed by atoms with E-state index in [1.165, 1.54) is 12.1 Å². The van der Waals surface area contributed by atoms with Gasteiger partial charge < -0.3 is 10.4 Å². The highest BCUT2D eigenvalue weighted by atomic mass is 32.2. The van der Waals surface area contributed by atoms with Crippen molar-refractivity contribution in [2.24, 2.45) is 0 Å². The van der Waals surface area contributed by atoms with Crippen LogP contribution in [0.1, 0.15) is 5.56 Å². The first-order valence-electron chi connectivity index (χ1n) is 6.12. The van der Waals surface area contributed by atoms with Gasteiger partial charge in [-0.2, -0.15) is 0 Å². The number of hydrogen-bond acceptors (Lipinski definition) is 4. The van der Waals surface area contributed by atoms with Crippen molar-refractivity contribution in [3.05, 3.63) is 53.8 Å². The number of sulfonamides is 1. The Morgan fingerprint density at radius 1 is 1.10 bits per heavy atom. The van der Waals surface area contributed by atoms with Crippen LogP contribution in [0.2, 0.25) is 0 Å². The van der Waals surface area contributed by atoms with E-state index >= 15 is 0 Å². The zero-order chi connectivity index (χ0) is 15.5. The third kappa shape index (κ3) is 4.64. The molecule has 0 aliphatic carbocycles. The molecule has 0 atom stereocenters. The number of anilines is 2. The maximum absolute atomic E-state index is 13.2. The van der Waals surface area contributed by atoms with Crippen LogP contribution in [-0.2, 0) is 16.6 Å². The van der Waals surface area contributed by atoms with Crippen LogP contribution in [0.25, 0.3) is 0 Å². The van der Waals surface area contributed by atoms with Crippen molar-refractivity contribution < 1.29 is 17.9 Å². The van der Waals surface area contributed by atoms with Gasteiger partial charge in [-0.05, 0) is 42.0 Å². The Balaban J connectivity index is 1.99. The Morgan fingerprint density at radius 2 is 1.71 bits per heavy atom. The molecule has 0 amide bonds. The first kappa shape index (κ1) is 15.1. The Labute approximate surface area is 122 Å². The minimum Gasteiger partial charge on any atom is -0.505 e. The average molecular weight is 310 g/mol. The Bertz CT molecular complexity index is 730. The van der Waals surface area contributed by atoms with Gasteiger partial charge in [-0.1, -0.05) is 6.07 Å². The number of halogens is 1. The summed E-state index contributed by atoms with van der Waals surface area (Å²) in [5.74, 6) is -1.04. The fourth-order valence-corrected chi connectivity index (χ4v) is 2.30. The smallest absolute Gasteiger partial charge is 0.229 e. The molecule has 5 nitrogen and oxygen atoms in total. The van der Waals surface area contributed by atoms with Crippen LogP contribution in [0.4, 0.5) is 15.8 Å².